The zero-order chi connectivity index (χ0) is 15.0. The lowest BCUT2D eigenvalue weighted by molar-refractivity contribution is -0.385. The van der Waals surface area contributed by atoms with Crippen molar-refractivity contribution in [1.82, 2.24) is 4.72 Å². The molecule has 2 rings (SSSR count). The fraction of sp³-hybridized carbons (Fsp3) is 0.500. The quantitative estimate of drug-likeness (QED) is 0.624. The van der Waals surface area contributed by atoms with Gasteiger partial charge in [0.1, 0.15) is 0 Å². The number of nitro groups is 1. The van der Waals surface area contributed by atoms with Gasteiger partial charge in [0.15, 0.2) is 0 Å². The van der Waals surface area contributed by atoms with Gasteiger partial charge in [-0.2, -0.15) is 0 Å². The van der Waals surface area contributed by atoms with Crippen LogP contribution in [0.4, 0.5) is 5.69 Å². The maximum absolute atomic E-state index is 12.2. The molecule has 0 aromatic heterocycles. The molecule has 21 heavy (non-hydrogen) atoms. The molecule has 0 amide bonds. The number of nitrogens with two attached hydrogens (primary N) is 1. The lowest BCUT2D eigenvalue weighted by atomic mass is 9.78. The molecule has 1 aromatic carbocycles. The second-order valence-electron chi connectivity index (χ2n) is 5.25. The number of non-ortho nitro benzene ring substituents is 1. The highest BCUT2D eigenvalue weighted by Gasteiger charge is 2.34. The SMILES string of the molecule is Cc1ccc([N+](=O)[O-])cc1S(=O)(=O)NCC1(N)CCC1.Cl. The third-order valence-electron chi connectivity index (χ3n) is 3.64. The summed E-state index contributed by atoms with van der Waals surface area (Å²) in [5, 5.41) is 10.7. The molecule has 7 nitrogen and oxygen atoms in total. The lowest BCUT2D eigenvalue weighted by Crippen LogP contribution is -2.54. The molecule has 9 heteroatoms. The molecular weight excluding hydrogens is 318 g/mol. The van der Waals surface area contributed by atoms with Crippen LogP contribution in [0.3, 0.4) is 0 Å². The Morgan fingerprint density at radius 1 is 1.43 bits per heavy atom. The molecule has 0 radical (unpaired) electrons. The van der Waals surface area contributed by atoms with E-state index in [4.69, 9.17) is 5.73 Å². The van der Waals surface area contributed by atoms with E-state index in [1.54, 1.807) is 6.92 Å². The minimum Gasteiger partial charge on any atom is -0.324 e. The van der Waals surface area contributed by atoms with Gasteiger partial charge in [-0.15, -0.1) is 12.4 Å². The number of hydrogen-bond donors (Lipinski definition) is 2. The highest BCUT2D eigenvalue weighted by molar-refractivity contribution is 7.89. The molecule has 0 heterocycles. The van der Waals surface area contributed by atoms with Crippen molar-refractivity contribution >= 4 is 28.1 Å². The van der Waals surface area contributed by atoms with Crippen molar-refractivity contribution in [3.05, 3.63) is 33.9 Å². The molecule has 0 saturated heterocycles. The number of sulfonamides is 1. The lowest BCUT2D eigenvalue weighted by Gasteiger charge is -2.38. The van der Waals surface area contributed by atoms with Gasteiger partial charge in [0, 0.05) is 24.2 Å². The van der Waals surface area contributed by atoms with Crippen molar-refractivity contribution in [2.75, 3.05) is 6.54 Å². The zero-order valence-corrected chi connectivity index (χ0v) is 13.2. The van der Waals surface area contributed by atoms with E-state index < -0.39 is 20.5 Å². The third-order valence-corrected chi connectivity index (χ3v) is 5.18. The molecule has 1 aromatic rings. The van der Waals surface area contributed by atoms with Crippen LogP contribution in [0.5, 0.6) is 0 Å². The van der Waals surface area contributed by atoms with Crippen LogP contribution < -0.4 is 10.5 Å². The van der Waals surface area contributed by atoms with Crippen LogP contribution >= 0.6 is 12.4 Å². The van der Waals surface area contributed by atoms with Crippen LogP contribution in [0.2, 0.25) is 0 Å². The number of hydrogen-bond acceptors (Lipinski definition) is 5. The standard InChI is InChI=1S/C12H17N3O4S.ClH/c1-9-3-4-10(15(16)17)7-11(9)20(18,19)14-8-12(13)5-2-6-12;/h3-4,7,14H,2,5-6,8,13H2,1H3;1H. The molecule has 0 aliphatic heterocycles. The molecule has 0 unspecified atom stereocenters. The molecule has 0 bridgehead atoms. The predicted octanol–water partition coefficient (Wildman–Crippen LogP) is 1.48. The number of halogens is 1. The van der Waals surface area contributed by atoms with E-state index in [0.29, 0.717) is 5.56 Å². The van der Waals surface area contributed by atoms with Gasteiger partial charge in [0.25, 0.3) is 5.69 Å². The summed E-state index contributed by atoms with van der Waals surface area (Å²) in [6, 6.07) is 3.78. The number of benzene rings is 1. The number of nitrogens with zero attached hydrogens (tertiary/aromatic N) is 1. The Hall–Kier alpha value is -1.22. The molecule has 118 valence electrons. The second-order valence-corrected chi connectivity index (χ2v) is 6.98. The summed E-state index contributed by atoms with van der Waals surface area (Å²) in [5.41, 5.74) is 5.70. The van der Waals surface area contributed by atoms with Crippen molar-refractivity contribution in [3.8, 4) is 0 Å². The smallest absolute Gasteiger partial charge is 0.270 e. The van der Waals surface area contributed by atoms with Crippen LogP contribution in [-0.2, 0) is 10.0 Å². The van der Waals surface area contributed by atoms with Crippen LogP contribution in [-0.4, -0.2) is 25.4 Å². The summed E-state index contributed by atoms with van der Waals surface area (Å²) >= 11 is 0. The molecule has 1 fully saturated rings. The predicted molar refractivity (Wildman–Crippen MR) is 81.0 cm³/mol. The molecular formula is C12H18ClN3O4S. The summed E-state index contributed by atoms with van der Waals surface area (Å²) in [6.07, 6.45) is 2.56. The van der Waals surface area contributed by atoms with Crippen LogP contribution in [0.15, 0.2) is 23.1 Å². The Morgan fingerprint density at radius 3 is 2.52 bits per heavy atom. The molecule has 0 spiro atoms. The van der Waals surface area contributed by atoms with Gasteiger partial charge in [-0.1, -0.05) is 6.07 Å². The third kappa shape index (κ3) is 3.91. The molecule has 1 aliphatic rings. The minimum atomic E-state index is -3.79. The molecule has 0 atom stereocenters. The van der Waals surface area contributed by atoms with Gasteiger partial charge < -0.3 is 5.73 Å². The Morgan fingerprint density at radius 2 is 2.05 bits per heavy atom. The van der Waals surface area contributed by atoms with Crippen molar-refractivity contribution in [2.24, 2.45) is 5.73 Å². The number of nitrogens with one attached hydrogen (secondary N) is 1. The highest BCUT2D eigenvalue weighted by atomic mass is 35.5. The van der Waals surface area contributed by atoms with E-state index in [9.17, 15) is 18.5 Å². The van der Waals surface area contributed by atoms with Crippen LogP contribution in [0.1, 0.15) is 24.8 Å². The van der Waals surface area contributed by atoms with E-state index in [1.807, 2.05) is 0 Å². The van der Waals surface area contributed by atoms with Crippen LogP contribution in [0, 0.1) is 17.0 Å². The molecule has 3 N–H and O–H groups in total. The van der Waals surface area contributed by atoms with Crippen molar-refractivity contribution in [1.29, 1.82) is 0 Å². The summed E-state index contributed by atoms with van der Waals surface area (Å²) < 4.78 is 26.9. The van der Waals surface area contributed by atoms with E-state index in [0.717, 1.165) is 25.3 Å². The van der Waals surface area contributed by atoms with E-state index in [1.165, 1.54) is 12.1 Å². The Balaban J connectivity index is 0.00000220. The maximum atomic E-state index is 12.2. The maximum Gasteiger partial charge on any atom is 0.270 e. The van der Waals surface area contributed by atoms with E-state index in [2.05, 4.69) is 4.72 Å². The topological polar surface area (TPSA) is 115 Å². The number of nitro benzene ring substituents is 1. The van der Waals surface area contributed by atoms with Gasteiger partial charge in [-0.05, 0) is 31.7 Å². The van der Waals surface area contributed by atoms with Gasteiger partial charge >= 0.3 is 0 Å². The van der Waals surface area contributed by atoms with Gasteiger partial charge in [-0.3, -0.25) is 10.1 Å². The van der Waals surface area contributed by atoms with E-state index in [-0.39, 0.29) is 29.5 Å². The summed E-state index contributed by atoms with van der Waals surface area (Å²) in [7, 11) is -3.79. The van der Waals surface area contributed by atoms with E-state index >= 15 is 0 Å². The summed E-state index contributed by atoms with van der Waals surface area (Å²) in [5.74, 6) is 0. The molecule has 1 aliphatic carbocycles. The zero-order valence-electron chi connectivity index (χ0n) is 11.5. The number of rotatable bonds is 5. The summed E-state index contributed by atoms with van der Waals surface area (Å²) in [4.78, 5) is 10.0. The number of aryl methyl sites for hydroxylation is 1. The molecule has 1 saturated carbocycles. The van der Waals surface area contributed by atoms with Crippen molar-refractivity contribution in [2.45, 2.75) is 36.6 Å². The monoisotopic (exact) mass is 335 g/mol. The van der Waals surface area contributed by atoms with Gasteiger partial charge in [0.05, 0.1) is 9.82 Å². The first-order chi connectivity index (χ1) is 9.23. The average molecular weight is 336 g/mol. The average Bonchev–Trinajstić information content (AvgIpc) is 2.34. The minimum absolute atomic E-state index is 0. The Kier molecular flexibility index (Phi) is 5.32. The Bertz CT molecular complexity index is 644. The van der Waals surface area contributed by atoms with Gasteiger partial charge in [-0.25, -0.2) is 13.1 Å². The van der Waals surface area contributed by atoms with Crippen molar-refractivity contribution < 1.29 is 13.3 Å². The first kappa shape index (κ1) is 17.8. The van der Waals surface area contributed by atoms with Crippen LogP contribution in [0.25, 0.3) is 0 Å². The first-order valence-corrected chi connectivity index (χ1v) is 7.75. The van der Waals surface area contributed by atoms with Gasteiger partial charge in [0.2, 0.25) is 10.0 Å². The first-order valence-electron chi connectivity index (χ1n) is 6.27. The fourth-order valence-corrected chi connectivity index (χ4v) is 3.52. The normalized spacial score (nSPS) is 16.7. The fourth-order valence-electron chi connectivity index (χ4n) is 2.12. The Labute approximate surface area is 129 Å². The van der Waals surface area contributed by atoms with Crippen molar-refractivity contribution in [3.63, 3.8) is 0 Å². The highest BCUT2D eigenvalue weighted by Crippen LogP contribution is 2.29. The second kappa shape index (κ2) is 6.27. The summed E-state index contributed by atoms with van der Waals surface area (Å²) in [6.45, 7) is 1.75. The largest absolute Gasteiger partial charge is 0.324 e.